The van der Waals surface area contributed by atoms with E-state index in [9.17, 15) is 19.1 Å². The molecule has 0 aliphatic heterocycles. The van der Waals surface area contributed by atoms with E-state index < -0.39 is 17.7 Å². The number of fused-ring (bicyclic) bond motifs is 5. The third-order valence-corrected chi connectivity index (χ3v) is 7.52. The topological polar surface area (TPSA) is 137 Å². The molecule has 7 rings (SSSR count). The third kappa shape index (κ3) is 3.41. The van der Waals surface area contributed by atoms with Crippen molar-refractivity contribution in [2.75, 3.05) is 12.4 Å². The molecule has 35 heavy (non-hydrogen) atoms. The fourth-order valence-electron chi connectivity index (χ4n) is 5.85. The van der Waals surface area contributed by atoms with Crippen LogP contribution in [0, 0.1) is 23.6 Å². The molecule has 2 atom stereocenters. The van der Waals surface area contributed by atoms with Gasteiger partial charge < -0.3 is 20.7 Å². The fraction of sp³-hybridized carbons (Fsp3) is 0.375. The molecule has 3 saturated carbocycles. The van der Waals surface area contributed by atoms with Crippen molar-refractivity contribution in [1.29, 1.82) is 0 Å². The minimum atomic E-state index is -0.804. The Morgan fingerprint density at radius 2 is 1.97 bits per heavy atom. The summed E-state index contributed by atoms with van der Waals surface area (Å²) in [5.41, 5.74) is 1.86. The summed E-state index contributed by atoms with van der Waals surface area (Å²) in [6.45, 7) is 0. The predicted molar refractivity (Wildman–Crippen MR) is 125 cm³/mol. The highest BCUT2D eigenvalue weighted by Crippen LogP contribution is 2.46. The largest absolute Gasteiger partial charge is 0.481 e. The maximum atomic E-state index is 14.0. The molecule has 11 heteroatoms. The second-order valence-corrected chi connectivity index (χ2v) is 9.34. The Hall–Kier alpha value is -4.02. The van der Waals surface area contributed by atoms with Crippen molar-refractivity contribution in [3.05, 3.63) is 42.1 Å². The van der Waals surface area contributed by atoms with E-state index in [0.29, 0.717) is 33.6 Å². The Labute approximate surface area is 199 Å². The summed E-state index contributed by atoms with van der Waals surface area (Å²) in [6, 6.07) is 4.46. The number of anilines is 1. The number of nitrogens with one attached hydrogen (secondary N) is 3. The van der Waals surface area contributed by atoms with Crippen LogP contribution in [0.2, 0.25) is 0 Å². The molecule has 4 aromatic heterocycles. The molecule has 4 heterocycles. The van der Waals surface area contributed by atoms with E-state index in [-0.39, 0.29) is 29.6 Å². The molecule has 0 aromatic carbocycles. The van der Waals surface area contributed by atoms with Gasteiger partial charge in [-0.25, -0.2) is 18.9 Å². The number of aromatic nitrogens is 5. The van der Waals surface area contributed by atoms with Crippen molar-refractivity contribution in [3.8, 4) is 11.4 Å². The van der Waals surface area contributed by atoms with E-state index in [1.807, 2.05) is 0 Å². The van der Waals surface area contributed by atoms with Crippen molar-refractivity contribution < 1.29 is 19.1 Å². The number of hydrogen-bond acceptors (Lipinski definition) is 6. The zero-order chi connectivity index (χ0) is 24.3. The Bertz CT molecular complexity index is 1470. The van der Waals surface area contributed by atoms with Gasteiger partial charge in [0.25, 0.3) is 5.91 Å². The lowest BCUT2D eigenvalue weighted by atomic mass is 9.61. The summed E-state index contributed by atoms with van der Waals surface area (Å²) in [7, 11) is 1.54. The average molecular weight is 478 g/mol. The highest BCUT2D eigenvalue weighted by Gasteiger charge is 2.47. The van der Waals surface area contributed by atoms with Crippen LogP contribution >= 0.6 is 0 Å². The number of H-pyrrole nitrogens is 1. The molecule has 1 unspecified atom stereocenters. The maximum Gasteiger partial charge on any atom is 0.308 e. The number of nitrogens with zero attached hydrogens (tertiary/aromatic N) is 4. The first kappa shape index (κ1) is 21.5. The lowest BCUT2D eigenvalue weighted by Gasteiger charge is -2.47. The van der Waals surface area contributed by atoms with Crippen molar-refractivity contribution in [3.63, 3.8) is 0 Å². The summed E-state index contributed by atoms with van der Waals surface area (Å²) >= 11 is 0. The monoisotopic (exact) mass is 477 g/mol. The number of rotatable bonds is 5. The first-order chi connectivity index (χ1) is 16.9. The SMILES string of the molecule is CNC(=O)c1ccc2c(NC3C4CCC(CC4)[C@@H]3C(=O)O)nc(-c3c[nH]c4ncc(F)cc34)nn12. The van der Waals surface area contributed by atoms with E-state index >= 15 is 0 Å². The van der Waals surface area contributed by atoms with E-state index in [4.69, 9.17) is 4.98 Å². The number of aromatic amines is 1. The molecule has 4 aromatic rings. The standard InChI is InChI=1S/C24H24FN7O3/c1-26-23(33)17-7-6-16-22(29-19-12-4-2-11(3-5-12)18(19)24(34)35)30-21(31-32(16)17)15-10-28-20-14(15)8-13(25)9-27-20/h6-12,18-19H,2-5H2,1H3,(H,26,33)(H,27,28)(H,34,35)(H,29,30,31)/t11?,12?,18-,19?/m0/s1. The minimum Gasteiger partial charge on any atom is -0.481 e. The number of amides is 1. The van der Waals surface area contributed by atoms with Gasteiger partial charge in [-0.15, -0.1) is 5.10 Å². The van der Waals surface area contributed by atoms with Gasteiger partial charge >= 0.3 is 5.97 Å². The number of carboxylic acid groups (broad SMARTS) is 1. The average Bonchev–Trinajstić information content (AvgIpc) is 3.48. The number of pyridine rings is 1. The highest BCUT2D eigenvalue weighted by atomic mass is 19.1. The number of aliphatic carboxylic acids is 1. The number of halogens is 1. The maximum absolute atomic E-state index is 14.0. The van der Waals surface area contributed by atoms with E-state index in [1.165, 1.54) is 17.6 Å². The van der Waals surface area contributed by atoms with E-state index in [2.05, 4.69) is 25.7 Å². The predicted octanol–water partition coefficient (Wildman–Crippen LogP) is 3.07. The number of carbonyl (C=O) groups is 2. The van der Waals surface area contributed by atoms with Crippen LogP contribution < -0.4 is 10.6 Å². The van der Waals surface area contributed by atoms with Crippen LogP contribution in [-0.2, 0) is 4.79 Å². The minimum absolute atomic E-state index is 0.128. The van der Waals surface area contributed by atoms with Crippen molar-refractivity contribution in [1.82, 2.24) is 29.9 Å². The zero-order valence-electron chi connectivity index (χ0n) is 19.0. The van der Waals surface area contributed by atoms with Gasteiger partial charge in [-0.1, -0.05) is 0 Å². The van der Waals surface area contributed by atoms with Gasteiger partial charge in [-0.05, 0) is 55.7 Å². The molecule has 3 fully saturated rings. The summed E-state index contributed by atoms with van der Waals surface area (Å²) in [4.78, 5) is 36.6. The Kier molecular flexibility index (Phi) is 4.94. The molecule has 0 spiro atoms. The molecule has 0 saturated heterocycles. The number of carboxylic acids is 1. The molecule has 0 radical (unpaired) electrons. The molecule has 3 aliphatic carbocycles. The van der Waals surface area contributed by atoms with E-state index in [0.717, 1.165) is 31.9 Å². The Morgan fingerprint density at radius 1 is 1.20 bits per heavy atom. The summed E-state index contributed by atoms with van der Waals surface area (Å²) in [5, 5.41) is 21.2. The lowest BCUT2D eigenvalue weighted by molar-refractivity contribution is -0.148. The quantitative estimate of drug-likeness (QED) is 0.347. The molecule has 3 aliphatic rings. The normalized spacial score (nSPS) is 23.6. The summed E-state index contributed by atoms with van der Waals surface area (Å²) in [5.74, 6) is -1.09. The van der Waals surface area contributed by atoms with Crippen LogP contribution in [0.15, 0.2) is 30.6 Å². The van der Waals surface area contributed by atoms with Crippen molar-refractivity contribution in [2.45, 2.75) is 31.7 Å². The van der Waals surface area contributed by atoms with Crippen molar-refractivity contribution in [2.24, 2.45) is 17.8 Å². The molecule has 1 amide bonds. The van der Waals surface area contributed by atoms with Gasteiger partial charge in [-0.3, -0.25) is 9.59 Å². The summed E-state index contributed by atoms with van der Waals surface area (Å²) in [6.07, 6.45) is 6.55. The van der Waals surface area contributed by atoms with Gasteiger partial charge in [0.15, 0.2) is 11.6 Å². The van der Waals surface area contributed by atoms with Gasteiger partial charge in [0.2, 0.25) is 0 Å². The van der Waals surface area contributed by atoms with Gasteiger partial charge in [0.05, 0.1) is 12.1 Å². The van der Waals surface area contributed by atoms with Crippen LogP contribution in [0.4, 0.5) is 10.2 Å². The van der Waals surface area contributed by atoms with Gasteiger partial charge in [-0.2, -0.15) is 0 Å². The van der Waals surface area contributed by atoms with Gasteiger partial charge in [0.1, 0.15) is 22.7 Å². The second-order valence-electron chi connectivity index (χ2n) is 9.34. The highest BCUT2D eigenvalue weighted by molar-refractivity contribution is 5.95. The van der Waals surface area contributed by atoms with Crippen molar-refractivity contribution >= 4 is 34.2 Å². The third-order valence-electron chi connectivity index (χ3n) is 7.52. The first-order valence-corrected chi connectivity index (χ1v) is 11.7. The van der Waals surface area contributed by atoms with Gasteiger partial charge in [0, 0.05) is 30.2 Å². The Morgan fingerprint density at radius 3 is 2.71 bits per heavy atom. The molecule has 180 valence electrons. The molecular formula is C24H24FN7O3. The van der Waals surface area contributed by atoms with Crippen LogP contribution in [-0.4, -0.2) is 54.6 Å². The van der Waals surface area contributed by atoms with Crippen LogP contribution in [0.5, 0.6) is 0 Å². The molecular weight excluding hydrogens is 453 g/mol. The Balaban J connectivity index is 1.52. The number of hydrogen-bond donors (Lipinski definition) is 4. The van der Waals surface area contributed by atoms with Crippen LogP contribution in [0.25, 0.3) is 27.9 Å². The second kappa shape index (κ2) is 8.03. The molecule has 2 bridgehead atoms. The molecule has 10 nitrogen and oxygen atoms in total. The fourth-order valence-corrected chi connectivity index (χ4v) is 5.85. The van der Waals surface area contributed by atoms with Crippen LogP contribution in [0.3, 0.4) is 0 Å². The van der Waals surface area contributed by atoms with E-state index in [1.54, 1.807) is 18.3 Å². The molecule has 4 N–H and O–H groups in total. The van der Waals surface area contributed by atoms with Crippen LogP contribution in [0.1, 0.15) is 36.2 Å². The smallest absolute Gasteiger partial charge is 0.308 e. The summed E-state index contributed by atoms with van der Waals surface area (Å²) < 4.78 is 15.5. The number of carbonyl (C=O) groups excluding carboxylic acids is 1. The zero-order valence-corrected chi connectivity index (χ0v) is 19.0. The lowest BCUT2D eigenvalue weighted by Crippen LogP contribution is -2.51. The first-order valence-electron chi connectivity index (χ1n) is 11.7.